The second kappa shape index (κ2) is 6.03. The fourth-order valence-corrected chi connectivity index (χ4v) is 1.25. The van der Waals surface area contributed by atoms with E-state index in [0.717, 1.165) is 11.3 Å². The maximum atomic E-state index is 8.33. The lowest BCUT2D eigenvalue weighted by Gasteiger charge is -2.10. The zero-order valence-corrected chi connectivity index (χ0v) is 9.92. The van der Waals surface area contributed by atoms with Gasteiger partial charge in [-0.2, -0.15) is 0 Å². The molecule has 0 amide bonds. The Hall–Kier alpha value is -1.67. The van der Waals surface area contributed by atoms with Crippen molar-refractivity contribution < 1.29 is 4.74 Å². The molecular weight excluding hydrogens is 202 g/mol. The van der Waals surface area contributed by atoms with Gasteiger partial charge in [0, 0.05) is 4.91 Å². The zero-order chi connectivity index (χ0) is 12.0. The second-order valence-electron chi connectivity index (χ2n) is 4.15. The Bertz CT molecular complexity index is 366. The molecule has 16 heavy (non-hydrogen) atoms. The summed E-state index contributed by atoms with van der Waals surface area (Å²) in [5.41, 5.74) is 9.33. The van der Waals surface area contributed by atoms with Gasteiger partial charge in [0.2, 0.25) is 0 Å². The van der Waals surface area contributed by atoms with Gasteiger partial charge in [-0.05, 0) is 29.1 Å². The molecule has 0 N–H and O–H groups in total. The summed E-state index contributed by atoms with van der Waals surface area (Å²) in [4.78, 5) is 2.79. The Morgan fingerprint density at radius 2 is 1.88 bits per heavy atom. The lowest BCUT2D eigenvalue weighted by atomic mass is 10.1. The van der Waals surface area contributed by atoms with E-state index in [1.54, 1.807) is 0 Å². The average Bonchev–Trinajstić information content (AvgIpc) is 2.27. The predicted molar refractivity (Wildman–Crippen MR) is 64.3 cm³/mol. The molecule has 4 heteroatoms. The number of azide groups is 1. The molecule has 0 bridgehead atoms. The summed E-state index contributed by atoms with van der Waals surface area (Å²) in [7, 11) is 0. The Labute approximate surface area is 95.9 Å². The van der Waals surface area contributed by atoms with Gasteiger partial charge in [-0.3, -0.25) is 0 Å². The van der Waals surface area contributed by atoms with Crippen LogP contribution in [0.25, 0.3) is 10.4 Å². The summed E-state index contributed by atoms with van der Waals surface area (Å²) >= 11 is 0. The van der Waals surface area contributed by atoms with Crippen LogP contribution in [0.5, 0.6) is 5.75 Å². The third kappa shape index (κ3) is 3.83. The number of hydrogen-bond acceptors (Lipinski definition) is 2. The minimum Gasteiger partial charge on any atom is -0.493 e. The maximum absolute atomic E-state index is 8.33. The summed E-state index contributed by atoms with van der Waals surface area (Å²) < 4.78 is 5.56. The Kier molecular flexibility index (Phi) is 4.67. The molecule has 0 fully saturated rings. The van der Waals surface area contributed by atoms with Crippen molar-refractivity contribution in [1.82, 2.24) is 0 Å². The fraction of sp³-hybridized carbons (Fsp3) is 0.500. The molecule has 1 aromatic carbocycles. The van der Waals surface area contributed by atoms with Crippen LogP contribution in [-0.4, -0.2) is 6.61 Å². The summed E-state index contributed by atoms with van der Waals surface area (Å²) in [6.45, 7) is 6.80. The van der Waals surface area contributed by atoms with E-state index in [2.05, 4.69) is 23.9 Å². The number of nitrogens with zero attached hydrogens (tertiary/aromatic N) is 3. The van der Waals surface area contributed by atoms with Crippen LogP contribution in [0.3, 0.4) is 0 Å². The Balaban J connectivity index is 2.64. The smallest absolute Gasteiger partial charge is 0.119 e. The second-order valence-corrected chi connectivity index (χ2v) is 4.15. The van der Waals surface area contributed by atoms with E-state index in [-0.39, 0.29) is 6.04 Å². The third-order valence-electron chi connectivity index (χ3n) is 2.17. The average molecular weight is 219 g/mol. The van der Waals surface area contributed by atoms with Crippen LogP contribution in [-0.2, 0) is 0 Å². The fourth-order valence-electron chi connectivity index (χ4n) is 1.25. The number of benzene rings is 1. The van der Waals surface area contributed by atoms with Crippen LogP contribution in [0.4, 0.5) is 0 Å². The monoisotopic (exact) mass is 219 g/mol. The van der Waals surface area contributed by atoms with E-state index in [0.29, 0.717) is 12.5 Å². The summed E-state index contributed by atoms with van der Waals surface area (Å²) in [6, 6.07) is 7.52. The lowest BCUT2D eigenvalue weighted by Crippen LogP contribution is -2.04. The van der Waals surface area contributed by atoms with Gasteiger partial charge in [0.25, 0.3) is 0 Å². The SMILES string of the molecule is CC(C)COc1ccc([C@@H](C)N=[N+]=[N-])cc1. The molecule has 0 radical (unpaired) electrons. The van der Waals surface area contributed by atoms with Crippen molar-refractivity contribution in [2.24, 2.45) is 11.0 Å². The molecule has 1 atom stereocenters. The Morgan fingerprint density at radius 3 is 2.38 bits per heavy atom. The minimum absolute atomic E-state index is 0.135. The van der Waals surface area contributed by atoms with Crippen LogP contribution < -0.4 is 4.74 Å². The highest BCUT2D eigenvalue weighted by Gasteiger charge is 2.03. The molecular formula is C12H17N3O. The molecule has 0 aliphatic carbocycles. The molecule has 0 saturated carbocycles. The van der Waals surface area contributed by atoms with Crippen molar-refractivity contribution in [1.29, 1.82) is 0 Å². The van der Waals surface area contributed by atoms with Crippen molar-refractivity contribution in [3.8, 4) is 5.75 Å². The van der Waals surface area contributed by atoms with Gasteiger partial charge in [0.05, 0.1) is 12.6 Å². The molecule has 1 aromatic rings. The van der Waals surface area contributed by atoms with Gasteiger partial charge >= 0.3 is 0 Å². The normalized spacial score (nSPS) is 12.0. The van der Waals surface area contributed by atoms with Crippen LogP contribution >= 0.6 is 0 Å². The molecule has 0 aliphatic rings. The maximum Gasteiger partial charge on any atom is 0.119 e. The molecule has 0 heterocycles. The first-order valence-electron chi connectivity index (χ1n) is 5.40. The van der Waals surface area contributed by atoms with Gasteiger partial charge in [-0.1, -0.05) is 38.0 Å². The van der Waals surface area contributed by atoms with Crippen LogP contribution in [0, 0.1) is 5.92 Å². The van der Waals surface area contributed by atoms with Crippen LogP contribution in [0.1, 0.15) is 32.4 Å². The number of ether oxygens (including phenoxy) is 1. The predicted octanol–water partition coefficient (Wildman–Crippen LogP) is 4.09. The molecule has 0 aromatic heterocycles. The highest BCUT2D eigenvalue weighted by atomic mass is 16.5. The molecule has 86 valence electrons. The van der Waals surface area contributed by atoms with Gasteiger partial charge in [0.1, 0.15) is 5.75 Å². The van der Waals surface area contributed by atoms with E-state index in [1.807, 2.05) is 31.2 Å². The van der Waals surface area contributed by atoms with Crippen molar-refractivity contribution in [3.05, 3.63) is 40.3 Å². The standard InChI is InChI=1S/C12H17N3O/c1-9(2)8-16-12-6-4-11(5-7-12)10(3)14-15-13/h4-7,9-10H,8H2,1-3H3/t10-/m1/s1. The first-order chi connectivity index (χ1) is 7.63. The minimum atomic E-state index is -0.135. The van der Waals surface area contributed by atoms with E-state index in [1.165, 1.54) is 0 Å². The van der Waals surface area contributed by atoms with Gasteiger partial charge < -0.3 is 4.74 Å². The van der Waals surface area contributed by atoms with Gasteiger partial charge in [-0.25, -0.2) is 0 Å². The third-order valence-corrected chi connectivity index (χ3v) is 2.17. The van der Waals surface area contributed by atoms with E-state index in [4.69, 9.17) is 10.3 Å². The van der Waals surface area contributed by atoms with E-state index in [9.17, 15) is 0 Å². The molecule has 0 spiro atoms. The molecule has 4 nitrogen and oxygen atoms in total. The molecule has 0 saturated heterocycles. The van der Waals surface area contributed by atoms with Crippen molar-refractivity contribution in [2.45, 2.75) is 26.8 Å². The first-order valence-corrected chi connectivity index (χ1v) is 5.40. The first kappa shape index (κ1) is 12.4. The highest BCUT2D eigenvalue weighted by molar-refractivity contribution is 5.28. The largest absolute Gasteiger partial charge is 0.493 e. The number of rotatable bonds is 5. The van der Waals surface area contributed by atoms with Gasteiger partial charge in [-0.15, -0.1) is 0 Å². The summed E-state index contributed by atoms with van der Waals surface area (Å²) in [5.74, 6) is 1.37. The summed E-state index contributed by atoms with van der Waals surface area (Å²) in [5, 5.41) is 3.64. The van der Waals surface area contributed by atoms with Crippen LogP contribution in [0.15, 0.2) is 29.4 Å². The van der Waals surface area contributed by atoms with Crippen molar-refractivity contribution in [2.75, 3.05) is 6.61 Å². The topological polar surface area (TPSA) is 58.0 Å². The van der Waals surface area contributed by atoms with Crippen molar-refractivity contribution >= 4 is 0 Å². The van der Waals surface area contributed by atoms with Crippen LogP contribution in [0.2, 0.25) is 0 Å². The zero-order valence-electron chi connectivity index (χ0n) is 9.92. The highest BCUT2D eigenvalue weighted by Crippen LogP contribution is 2.20. The number of hydrogen-bond donors (Lipinski definition) is 0. The lowest BCUT2D eigenvalue weighted by molar-refractivity contribution is 0.271. The summed E-state index contributed by atoms with van der Waals surface area (Å²) in [6.07, 6.45) is 0. The van der Waals surface area contributed by atoms with Gasteiger partial charge in [0.15, 0.2) is 0 Å². The molecule has 1 rings (SSSR count). The van der Waals surface area contributed by atoms with E-state index < -0.39 is 0 Å². The molecule has 0 aliphatic heterocycles. The Morgan fingerprint density at radius 1 is 1.25 bits per heavy atom. The molecule has 0 unspecified atom stereocenters. The van der Waals surface area contributed by atoms with Crippen molar-refractivity contribution in [3.63, 3.8) is 0 Å². The quantitative estimate of drug-likeness (QED) is 0.418. The van der Waals surface area contributed by atoms with E-state index >= 15 is 0 Å².